The number of hydrogen-bond donors (Lipinski definition) is 6. The minimum Gasteiger partial charge on any atom is -0.480 e. The van der Waals surface area contributed by atoms with Gasteiger partial charge in [-0.25, -0.2) is 0 Å². The minimum atomic E-state index is -1.86. The molecule has 0 aromatic heterocycles. The summed E-state index contributed by atoms with van der Waals surface area (Å²) in [7, 11) is 3.47. The van der Waals surface area contributed by atoms with Crippen molar-refractivity contribution in [2.45, 2.75) is 31.3 Å². The van der Waals surface area contributed by atoms with Gasteiger partial charge in [0.05, 0.1) is 6.61 Å². The first-order valence-electron chi connectivity index (χ1n) is 5.77. The van der Waals surface area contributed by atoms with E-state index in [1.165, 1.54) is 0 Å². The van der Waals surface area contributed by atoms with E-state index in [1.54, 1.807) is 25.9 Å². The summed E-state index contributed by atoms with van der Waals surface area (Å²) in [5.41, 5.74) is 0. The molecule has 120 valence electrons. The summed E-state index contributed by atoms with van der Waals surface area (Å²) in [6, 6.07) is -0.380. The van der Waals surface area contributed by atoms with Crippen LogP contribution >= 0.6 is 0 Å². The van der Waals surface area contributed by atoms with Gasteiger partial charge in [0.2, 0.25) is 0 Å². The van der Waals surface area contributed by atoms with Crippen molar-refractivity contribution >= 4 is 11.8 Å². The van der Waals surface area contributed by atoms with Gasteiger partial charge in [0, 0.05) is 0 Å². The SMILES string of the molecule is CC(C(=O)O)N(C)C.O=C(CO)[C@H](O)[C@@H](O)[C@H](O)CO. The molecule has 9 nitrogen and oxygen atoms in total. The van der Waals surface area contributed by atoms with Crippen LogP contribution in [0.4, 0.5) is 0 Å². The molecule has 0 amide bonds. The monoisotopic (exact) mass is 297 g/mol. The van der Waals surface area contributed by atoms with E-state index in [0.29, 0.717) is 0 Å². The summed E-state index contributed by atoms with van der Waals surface area (Å²) in [4.78, 5) is 22.3. The molecule has 6 N–H and O–H groups in total. The van der Waals surface area contributed by atoms with Gasteiger partial charge in [0.25, 0.3) is 0 Å². The van der Waals surface area contributed by atoms with Gasteiger partial charge >= 0.3 is 5.97 Å². The highest BCUT2D eigenvalue weighted by molar-refractivity contribution is 5.84. The van der Waals surface area contributed by atoms with Crippen LogP contribution in [0.25, 0.3) is 0 Å². The van der Waals surface area contributed by atoms with Crippen molar-refractivity contribution in [3.05, 3.63) is 0 Å². The minimum absolute atomic E-state index is 0.380. The molecule has 0 aliphatic rings. The lowest BCUT2D eigenvalue weighted by Crippen LogP contribution is -2.44. The summed E-state index contributed by atoms with van der Waals surface area (Å²) in [5.74, 6) is -1.79. The normalized spacial score (nSPS) is 16.6. The van der Waals surface area contributed by atoms with Crippen molar-refractivity contribution < 1.29 is 40.2 Å². The lowest BCUT2D eigenvalue weighted by molar-refractivity contribution is -0.143. The Kier molecular flexibility index (Phi) is 11.3. The van der Waals surface area contributed by atoms with E-state index in [2.05, 4.69) is 0 Å². The Bertz CT molecular complexity index is 296. The van der Waals surface area contributed by atoms with Gasteiger partial charge in [0.1, 0.15) is 31.0 Å². The van der Waals surface area contributed by atoms with Gasteiger partial charge in [-0.3, -0.25) is 14.5 Å². The number of carboxylic acid groups (broad SMARTS) is 1. The van der Waals surface area contributed by atoms with Gasteiger partial charge in [-0.1, -0.05) is 0 Å². The van der Waals surface area contributed by atoms with E-state index in [4.69, 9.17) is 30.6 Å². The van der Waals surface area contributed by atoms with E-state index in [-0.39, 0.29) is 6.04 Å². The molecule has 0 aliphatic carbocycles. The second-order valence-electron chi connectivity index (χ2n) is 4.29. The van der Waals surface area contributed by atoms with Gasteiger partial charge in [-0.15, -0.1) is 0 Å². The van der Waals surface area contributed by atoms with Crippen LogP contribution in [-0.2, 0) is 9.59 Å². The first kappa shape index (κ1) is 21.2. The zero-order valence-corrected chi connectivity index (χ0v) is 11.7. The standard InChI is InChI=1S/C6H12O6.C5H11NO2/c7-1-3(9)5(11)6(12)4(10)2-8;1-4(5(7)8)6(2)3/h3,5-9,11-12H,1-2H2;4H,1-3H3,(H,7,8)/t3-,5+,6+;/m1./s1. The number of aliphatic carboxylic acids is 1. The van der Waals surface area contributed by atoms with Crippen molar-refractivity contribution in [1.82, 2.24) is 4.90 Å². The van der Waals surface area contributed by atoms with Gasteiger partial charge in [-0.05, 0) is 21.0 Å². The first-order chi connectivity index (χ1) is 9.09. The second-order valence-corrected chi connectivity index (χ2v) is 4.29. The van der Waals surface area contributed by atoms with E-state index < -0.39 is 43.3 Å². The molecule has 0 aliphatic heterocycles. The Balaban J connectivity index is 0. The smallest absolute Gasteiger partial charge is 0.320 e. The first-order valence-corrected chi connectivity index (χ1v) is 5.77. The molecule has 0 saturated carbocycles. The number of carbonyl (C=O) groups excluding carboxylic acids is 1. The fourth-order valence-electron chi connectivity index (χ4n) is 0.823. The van der Waals surface area contributed by atoms with Crippen LogP contribution in [0.5, 0.6) is 0 Å². The number of nitrogens with zero attached hydrogens (tertiary/aromatic N) is 1. The van der Waals surface area contributed by atoms with E-state index in [9.17, 15) is 9.59 Å². The van der Waals surface area contributed by atoms with Crippen LogP contribution in [-0.4, -0.2) is 99.0 Å². The Morgan fingerprint density at radius 1 is 1.10 bits per heavy atom. The summed E-state index contributed by atoms with van der Waals surface area (Å²) in [6.45, 7) is -0.0460. The zero-order valence-electron chi connectivity index (χ0n) is 11.7. The predicted molar refractivity (Wildman–Crippen MR) is 68.0 cm³/mol. The number of Topliss-reactive ketones (excluding diaryl/α,β-unsaturated/α-hetero) is 1. The third-order valence-corrected chi connectivity index (χ3v) is 2.52. The van der Waals surface area contributed by atoms with Gasteiger partial charge < -0.3 is 30.6 Å². The number of aliphatic hydroxyl groups excluding tert-OH is 5. The largest absolute Gasteiger partial charge is 0.480 e. The fraction of sp³-hybridized carbons (Fsp3) is 0.818. The van der Waals surface area contributed by atoms with Crippen LogP contribution in [0.3, 0.4) is 0 Å². The lowest BCUT2D eigenvalue weighted by Gasteiger charge is -2.19. The quantitative estimate of drug-likeness (QED) is 0.282. The van der Waals surface area contributed by atoms with Crippen LogP contribution < -0.4 is 0 Å². The molecule has 0 fully saturated rings. The number of carboxylic acids is 1. The van der Waals surface area contributed by atoms with E-state index >= 15 is 0 Å². The molecule has 0 radical (unpaired) electrons. The second kappa shape index (κ2) is 10.7. The highest BCUT2D eigenvalue weighted by Crippen LogP contribution is 2.00. The third kappa shape index (κ3) is 8.15. The van der Waals surface area contributed by atoms with E-state index in [1.807, 2.05) is 0 Å². The van der Waals surface area contributed by atoms with Crippen LogP contribution in [0, 0.1) is 0 Å². The Morgan fingerprint density at radius 2 is 1.55 bits per heavy atom. The Labute approximate surface area is 116 Å². The molecule has 4 atom stereocenters. The molecule has 20 heavy (non-hydrogen) atoms. The maximum absolute atomic E-state index is 10.5. The maximum Gasteiger partial charge on any atom is 0.320 e. The molecule has 0 rings (SSSR count). The highest BCUT2D eigenvalue weighted by Gasteiger charge is 2.28. The number of rotatable bonds is 7. The number of carbonyl (C=O) groups is 2. The predicted octanol–water partition coefficient (Wildman–Crippen LogP) is -3.36. The van der Waals surface area contributed by atoms with Crippen molar-refractivity contribution in [2.75, 3.05) is 27.3 Å². The molecule has 9 heteroatoms. The molecule has 0 saturated heterocycles. The molecular weight excluding hydrogens is 274 g/mol. The van der Waals surface area contributed by atoms with Crippen LogP contribution in [0.15, 0.2) is 0 Å². The van der Waals surface area contributed by atoms with Gasteiger partial charge in [0.15, 0.2) is 5.78 Å². The average Bonchev–Trinajstić information content (AvgIpc) is 2.43. The summed E-state index contributed by atoms with van der Waals surface area (Å²) in [6.07, 6.45) is -5.22. The van der Waals surface area contributed by atoms with Gasteiger partial charge in [-0.2, -0.15) is 0 Å². The highest BCUT2D eigenvalue weighted by atomic mass is 16.4. The number of hydrogen-bond acceptors (Lipinski definition) is 8. The van der Waals surface area contributed by atoms with Crippen molar-refractivity contribution in [3.8, 4) is 0 Å². The van der Waals surface area contributed by atoms with E-state index in [0.717, 1.165) is 0 Å². The van der Waals surface area contributed by atoms with Crippen molar-refractivity contribution in [2.24, 2.45) is 0 Å². The number of likely N-dealkylation sites (N-methyl/N-ethyl adjacent to an activating group) is 1. The van der Waals surface area contributed by atoms with Crippen LogP contribution in [0.2, 0.25) is 0 Å². The molecular formula is C11H23NO8. The molecule has 1 unspecified atom stereocenters. The summed E-state index contributed by atoms with van der Waals surface area (Å²) >= 11 is 0. The third-order valence-electron chi connectivity index (χ3n) is 2.52. The van der Waals surface area contributed by atoms with Crippen molar-refractivity contribution in [1.29, 1.82) is 0 Å². The lowest BCUT2D eigenvalue weighted by atomic mass is 10.1. The summed E-state index contributed by atoms with van der Waals surface area (Å²) < 4.78 is 0. The zero-order chi connectivity index (χ0) is 16.5. The average molecular weight is 297 g/mol. The molecule has 0 aromatic carbocycles. The fourth-order valence-corrected chi connectivity index (χ4v) is 0.823. The molecule has 0 spiro atoms. The summed E-state index contributed by atoms with van der Waals surface area (Å²) in [5, 5.41) is 51.4. The molecule has 0 bridgehead atoms. The topological polar surface area (TPSA) is 159 Å². The maximum atomic E-state index is 10.5. The number of ketones is 1. The van der Waals surface area contributed by atoms with Crippen molar-refractivity contribution in [3.63, 3.8) is 0 Å². The van der Waals surface area contributed by atoms with Crippen LogP contribution in [0.1, 0.15) is 6.92 Å². The molecule has 0 heterocycles. The Hall–Kier alpha value is -1.10. The molecule has 0 aromatic rings. The number of aliphatic hydroxyl groups is 5. The Morgan fingerprint density at radius 3 is 1.75 bits per heavy atom.